The fourth-order valence-corrected chi connectivity index (χ4v) is 3.92. The predicted octanol–water partition coefficient (Wildman–Crippen LogP) is 5.77. The normalized spacial score (nSPS) is 11.4. The molecule has 0 saturated carbocycles. The zero-order chi connectivity index (χ0) is 24.7. The molecule has 3 aromatic heterocycles. The van der Waals surface area contributed by atoms with E-state index in [9.17, 15) is 13.6 Å². The van der Waals surface area contributed by atoms with Gasteiger partial charge >= 0.3 is 0 Å². The number of rotatable bonds is 5. The molecule has 0 atom stereocenters. The summed E-state index contributed by atoms with van der Waals surface area (Å²) in [6.45, 7) is 5.50. The third-order valence-electron chi connectivity index (χ3n) is 5.61. The average molecular weight is 472 g/mol. The van der Waals surface area contributed by atoms with Crippen molar-refractivity contribution in [1.82, 2.24) is 24.3 Å². The zero-order valence-corrected chi connectivity index (χ0v) is 19.3. The average Bonchev–Trinajstić information content (AvgIpc) is 3.46. The molecule has 0 radical (unpaired) electrons. The Kier molecular flexibility index (Phi) is 5.60. The van der Waals surface area contributed by atoms with Gasteiger partial charge in [-0.25, -0.2) is 18.7 Å². The first-order valence-electron chi connectivity index (χ1n) is 11.0. The standard InChI is InChI=1S/C26H22F2N6O/c1-15(2)34-13-19(12-31-34)18-8-25-26(29-11-18)33(14-30-25)22-7-17(6-21(10-22)32-16(3)35)23-5-4-20(27)9-24(23)28/h4-15H,1-3H3,(H,32,35). The van der Waals surface area contributed by atoms with Crippen LogP contribution >= 0.6 is 0 Å². The maximum Gasteiger partial charge on any atom is 0.221 e. The molecule has 5 rings (SSSR count). The molecule has 7 nitrogen and oxygen atoms in total. The van der Waals surface area contributed by atoms with Crippen LogP contribution < -0.4 is 5.32 Å². The van der Waals surface area contributed by atoms with Crippen molar-refractivity contribution >= 4 is 22.8 Å². The van der Waals surface area contributed by atoms with E-state index in [0.29, 0.717) is 28.1 Å². The van der Waals surface area contributed by atoms with Crippen molar-refractivity contribution in [3.05, 3.63) is 79.0 Å². The van der Waals surface area contributed by atoms with Crippen LogP contribution in [0.2, 0.25) is 0 Å². The lowest BCUT2D eigenvalue weighted by atomic mass is 10.0. The van der Waals surface area contributed by atoms with Gasteiger partial charge in [-0.05, 0) is 55.8 Å². The molecule has 0 unspecified atom stereocenters. The number of halogens is 2. The number of fused-ring (bicyclic) bond motifs is 1. The van der Waals surface area contributed by atoms with Crippen LogP contribution in [0.25, 0.3) is 39.1 Å². The molecule has 1 amide bonds. The van der Waals surface area contributed by atoms with Crippen LogP contribution in [0.4, 0.5) is 14.5 Å². The van der Waals surface area contributed by atoms with E-state index in [1.165, 1.54) is 19.1 Å². The Bertz CT molecular complexity index is 1570. The number of hydrogen-bond acceptors (Lipinski definition) is 4. The molecular formula is C26H22F2N6O. The van der Waals surface area contributed by atoms with E-state index in [-0.39, 0.29) is 17.5 Å². The molecule has 0 aliphatic carbocycles. The number of benzene rings is 2. The van der Waals surface area contributed by atoms with E-state index >= 15 is 0 Å². The van der Waals surface area contributed by atoms with E-state index in [0.717, 1.165) is 17.2 Å². The zero-order valence-electron chi connectivity index (χ0n) is 19.3. The van der Waals surface area contributed by atoms with Gasteiger partial charge in [-0.1, -0.05) is 0 Å². The van der Waals surface area contributed by atoms with Crippen LogP contribution in [-0.4, -0.2) is 30.2 Å². The molecule has 3 heterocycles. The molecular weight excluding hydrogens is 450 g/mol. The lowest BCUT2D eigenvalue weighted by Crippen LogP contribution is -2.07. The summed E-state index contributed by atoms with van der Waals surface area (Å²) in [6, 6.07) is 10.7. The minimum absolute atomic E-state index is 0.210. The highest BCUT2D eigenvalue weighted by atomic mass is 19.1. The Labute approximate surface area is 200 Å². The van der Waals surface area contributed by atoms with Crippen LogP contribution in [0.1, 0.15) is 26.8 Å². The number of carbonyl (C=O) groups excluding carboxylic acids is 1. The number of carbonyl (C=O) groups is 1. The first-order chi connectivity index (χ1) is 16.8. The number of amides is 1. The summed E-state index contributed by atoms with van der Waals surface area (Å²) in [4.78, 5) is 20.9. The topological polar surface area (TPSA) is 77.6 Å². The van der Waals surface area contributed by atoms with Gasteiger partial charge in [-0.15, -0.1) is 0 Å². The maximum atomic E-state index is 14.5. The molecule has 5 aromatic rings. The fraction of sp³-hybridized carbons (Fsp3) is 0.154. The first kappa shape index (κ1) is 22.4. The van der Waals surface area contributed by atoms with E-state index in [1.807, 2.05) is 16.9 Å². The molecule has 176 valence electrons. The van der Waals surface area contributed by atoms with E-state index in [2.05, 4.69) is 34.2 Å². The van der Waals surface area contributed by atoms with Crippen molar-refractivity contribution in [2.75, 3.05) is 5.32 Å². The largest absolute Gasteiger partial charge is 0.326 e. The van der Waals surface area contributed by atoms with Crippen LogP contribution in [0, 0.1) is 11.6 Å². The molecule has 0 bridgehead atoms. The van der Waals surface area contributed by atoms with Gasteiger partial charge in [0.15, 0.2) is 5.65 Å². The Balaban J connectivity index is 1.60. The lowest BCUT2D eigenvalue weighted by molar-refractivity contribution is -0.114. The lowest BCUT2D eigenvalue weighted by Gasteiger charge is -2.12. The van der Waals surface area contributed by atoms with Crippen LogP contribution in [0.15, 0.2) is 67.4 Å². The van der Waals surface area contributed by atoms with Gasteiger partial charge in [0.05, 0.1) is 11.9 Å². The third kappa shape index (κ3) is 4.40. The minimum atomic E-state index is -0.698. The predicted molar refractivity (Wildman–Crippen MR) is 130 cm³/mol. The Morgan fingerprint density at radius 3 is 2.51 bits per heavy atom. The molecule has 2 aromatic carbocycles. The van der Waals surface area contributed by atoms with Gasteiger partial charge in [-0.2, -0.15) is 5.10 Å². The van der Waals surface area contributed by atoms with Crippen molar-refractivity contribution in [3.8, 4) is 27.9 Å². The highest BCUT2D eigenvalue weighted by Crippen LogP contribution is 2.31. The van der Waals surface area contributed by atoms with Gasteiger partial charge in [0.25, 0.3) is 0 Å². The van der Waals surface area contributed by atoms with Crippen LogP contribution in [0.3, 0.4) is 0 Å². The molecule has 35 heavy (non-hydrogen) atoms. The third-order valence-corrected chi connectivity index (χ3v) is 5.61. The number of nitrogens with one attached hydrogen (secondary N) is 1. The van der Waals surface area contributed by atoms with Crippen LogP contribution in [0.5, 0.6) is 0 Å². The second-order valence-electron chi connectivity index (χ2n) is 8.56. The van der Waals surface area contributed by atoms with E-state index in [4.69, 9.17) is 0 Å². The summed E-state index contributed by atoms with van der Waals surface area (Å²) >= 11 is 0. The highest BCUT2D eigenvalue weighted by Gasteiger charge is 2.14. The molecule has 0 aliphatic rings. The summed E-state index contributed by atoms with van der Waals surface area (Å²) in [6.07, 6.45) is 7.13. The number of pyridine rings is 1. The van der Waals surface area contributed by atoms with E-state index < -0.39 is 11.6 Å². The second kappa shape index (κ2) is 8.75. The van der Waals surface area contributed by atoms with Crippen molar-refractivity contribution in [1.29, 1.82) is 0 Å². The van der Waals surface area contributed by atoms with Crippen molar-refractivity contribution in [3.63, 3.8) is 0 Å². The van der Waals surface area contributed by atoms with Crippen LogP contribution in [-0.2, 0) is 4.79 Å². The molecule has 0 aliphatic heterocycles. The number of anilines is 1. The summed E-state index contributed by atoms with van der Waals surface area (Å²) in [5.74, 6) is -1.63. The number of imidazole rings is 1. The van der Waals surface area contributed by atoms with Gasteiger partial charge < -0.3 is 5.32 Å². The smallest absolute Gasteiger partial charge is 0.221 e. The molecule has 0 saturated heterocycles. The van der Waals surface area contributed by atoms with Gasteiger partial charge in [0.1, 0.15) is 23.5 Å². The monoisotopic (exact) mass is 472 g/mol. The highest BCUT2D eigenvalue weighted by molar-refractivity contribution is 5.90. The maximum absolute atomic E-state index is 14.5. The van der Waals surface area contributed by atoms with Gasteiger partial charge in [-0.3, -0.25) is 14.0 Å². The number of nitrogens with zero attached hydrogens (tertiary/aromatic N) is 5. The minimum Gasteiger partial charge on any atom is -0.326 e. The summed E-state index contributed by atoms with van der Waals surface area (Å²) < 4.78 is 31.6. The van der Waals surface area contributed by atoms with Gasteiger partial charge in [0.2, 0.25) is 5.91 Å². The Morgan fingerprint density at radius 2 is 1.80 bits per heavy atom. The molecule has 0 fully saturated rings. The fourth-order valence-electron chi connectivity index (χ4n) is 3.92. The quantitative estimate of drug-likeness (QED) is 0.352. The second-order valence-corrected chi connectivity index (χ2v) is 8.56. The SMILES string of the molecule is CC(=O)Nc1cc(-c2ccc(F)cc2F)cc(-n2cnc3cc(-c4cnn(C(C)C)c4)cnc32)c1. The molecule has 1 N–H and O–H groups in total. The van der Waals surface area contributed by atoms with Crippen molar-refractivity contribution in [2.45, 2.75) is 26.8 Å². The molecule has 9 heteroatoms. The Morgan fingerprint density at radius 1 is 0.971 bits per heavy atom. The number of hydrogen-bond donors (Lipinski definition) is 1. The van der Waals surface area contributed by atoms with Crippen molar-refractivity contribution in [2.24, 2.45) is 0 Å². The van der Waals surface area contributed by atoms with E-state index in [1.54, 1.807) is 41.5 Å². The Hall–Kier alpha value is -4.40. The summed E-state index contributed by atoms with van der Waals surface area (Å²) in [5, 5.41) is 7.12. The number of aromatic nitrogens is 5. The molecule has 0 spiro atoms. The summed E-state index contributed by atoms with van der Waals surface area (Å²) in [5.41, 5.74) is 4.85. The van der Waals surface area contributed by atoms with Crippen molar-refractivity contribution < 1.29 is 13.6 Å². The van der Waals surface area contributed by atoms with Gasteiger partial charge in [0, 0.05) is 53.8 Å². The first-order valence-corrected chi connectivity index (χ1v) is 11.0. The summed E-state index contributed by atoms with van der Waals surface area (Å²) in [7, 11) is 0.